The van der Waals surface area contributed by atoms with E-state index in [9.17, 15) is 0 Å². The summed E-state index contributed by atoms with van der Waals surface area (Å²) in [7, 11) is 0. The van der Waals surface area contributed by atoms with Gasteiger partial charge in [-0.25, -0.2) is 0 Å². The molecule has 0 atom stereocenters. The third kappa shape index (κ3) is 2.34. The Morgan fingerprint density at radius 1 is 0.690 bits per heavy atom. The van der Waals surface area contributed by atoms with Gasteiger partial charge in [0, 0.05) is 16.2 Å². The molecule has 5 aromatic rings. The molecule has 0 N–H and O–H groups in total. The zero-order valence-corrected chi connectivity index (χ0v) is 16.7. The van der Waals surface area contributed by atoms with Crippen LogP contribution in [0.15, 0.2) is 89.3 Å². The Kier molecular flexibility index (Phi) is 3.35. The van der Waals surface area contributed by atoms with Gasteiger partial charge in [0.2, 0.25) is 0 Å². The molecule has 0 saturated carbocycles. The first-order valence-electron chi connectivity index (χ1n) is 10.3. The van der Waals surface area contributed by atoms with Gasteiger partial charge >= 0.3 is 0 Å². The van der Waals surface area contributed by atoms with Gasteiger partial charge in [-0.3, -0.25) is 0 Å². The van der Waals surface area contributed by atoms with Gasteiger partial charge in [-0.2, -0.15) is 0 Å². The fourth-order valence-electron chi connectivity index (χ4n) is 5.08. The second-order valence-electron chi connectivity index (χ2n) is 8.62. The van der Waals surface area contributed by atoms with Crippen molar-refractivity contribution < 1.29 is 4.42 Å². The smallest absolute Gasteiger partial charge is 0.135 e. The van der Waals surface area contributed by atoms with E-state index in [1.165, 1.54) is 44.2 Å². The van der Waals surface area contributed by atoms with E-state index in [0.29, 0.717) is 0 Å². The van der Waals surface area contributed by atoms with Crippen LogP contribution >= 0.6 is 0 Å². The molecule has 1 nitrogen and oxygen atoms in total. The lowest BCUT2D eigenvalue weighted by atomic mass is 9.81. The number of fused-ring (bicyclic) bond motifs is 6. The first-order valence-corrected chi connectivity index (χ1v) is 10.3. The molecule has 0 radical (unpaired) electrons. The van der Waals surface area contributed by atoms with Crippen molar-refractivity contribution in [2.75, 3.05) is 0 Å². The van der Waals surface area contributed by atoms with Crippen LogP contribution in [0, 0.1) is 0 Å². The topological polar surface area (TPSA) is 13.1 Å². The van der Waals surface area contributed by atoms with Gasteiger partial charge in [-0.15, -0.1) is 0 Å². The van der Waals surface area contributed by atoms with E-state index in [4.69, 9.17) is 4.42 Å². The molecule has 1 heterocycles. The monoisotopic (exact) mass is 374 g/mol. The molecule has 0 bridgehead atoms. The molecule has 0 saturated heterocycles. The molecule has 140 valence electrons. The minimum atomic E-state index is 0.0380. The highest BCUT2D eigenvalue weighted by Gasteiger charge is 2.35. The van der Waals surface area contributed by atoms with E-state index in [2.05, 4.69) is 86.6 Å². The lowest BCUT2D eigenvalue weighted by Crippen LogP contribution is -2.15. The first kappa shape index (κ1) is 16.6. The summed E-state index contributed by atoms with van der Waals surface area (Å²) in [6.07, 6.45) is 0.903. The van der Waals surface area contributed by atoms with Crippen LogP contribution in [0.25, 0.3) is 33.1 Å². The first-order chi connectivity index (χ1) is 14.1. The molecule has 29 heavy (non-hydrogen) atoms. The van der Waals surface area contributed by atoms with Gasteiger partial charge in [-0.05, 0) is 51.9 Å². The van der Waals surface area contributed by atoms with Crippen molar-refractivity contribution in [1.29, 1.82) is 0 Å². The standard InChI is InChI=1S/C28H22O/c1-28(2)23-11-5-3-9-20(23)21-15-14-18(17-24(21)28)16-19-8-7-13-26-27(19)22-10-4-6-12-25(22)29-26/h3-15,17H,16H2,1-2H3. The summed E-state index contributed by atoms with van der Waals surface area (Å²) in [4.78, 5) is 0. The van der Waals surface area contributed by atoms with Crippen molar-refractivity contribution in [1.82, 2.24) is 0 Å². The predicted molar refractivity (Wildman–Crippen MR) is 121 cm³/mol. The third-order valence-electron chi connectivity index (χ3n) is 6.53. The number of furan rings is 1. The maximum atomic E-state index is 6.08. The van der Waals surface area contributed by atoms with Crippen molar-refractivity contribution in [3.8, 4) is 11.1 Å². The number of rotatable bonds is 2. The fourth-order valence-corrected chi connectivity index (χ4v) is 5.08. The van der Waals surface area contributed by atoms with Crippen molar-refractivity contribution in [2.45, 2.75) is 25.7 Å². The van der Waals surface area contributed by atoms with E-state index in [1.54, 1.807) is 0 Å². The van der Waals surface area contributed by atoms with E-state index < -0.39 is 0 Å². The van der Waals surface area contributed by atoms with Gasteiger partial charge in [0.05, 0.1) is 0 Å². The van der Waals surface area contributed by atoms with Crippen LogP contribution < -0.4 is 0 Å². The van der Waals surface area contributed by atoms with Gasteiger partial charge in [0.25, 0.3) is 0 Å². The molecule has 1 aromatic heterocycles. The Labute approximate surface area is 170 Å². The minimum Gasteiger partial charge on any atom is -0.456 e. The van der Waals surface area contributed by atoms with Gasteiger partial charge in [0.1, 0.15) is 11.2 Å². The van der Waals surface area contributed by atoms with Gasteiger partial charge in [0.15, 0.2) is 0 Å². The van der Waals surface area contributed by atoms with E-state index in [1.807, 2.05) is 12.1 Å². The number of para-hydroxylation sites is 1. The summed E-state index contributed by atoms with van der Waals surface area (Å²) in [6.45, 7) is 4.68. The lowest BCUT2D eigenvalue weighted by Gasteiger charge is -2.22. The molecular formula is C28H22O. The highest BCUT2D eigenvalue weighted by molar-refractivity contribution is 6.06. The number of hydrogen-bond acceptors (Lipinski definition) is 1. The molecule has 0 aliphatic heterocycles. The average Bonchev–Trinajstić information content (AvgIpc) is 3.23. The van der Waals surface area contributed by atoms with Crippen LogP contribution in [0.1, 0.15) is 36.1 Å². The molecule has 0 fully saturated rings. The summed E-state index contributed by atoms with van der Waals surface area (Å²) >= 11 is 0. The second-order valence-corrected chi connectivity index (χ2v) is 8.62. The second kappa shape index (κ2) is 5.84. The molecule has 1 aliphatic rings. The summed E-state index contributed by atoms with van der Waals surface area (Å²) in [5.74, 6) is 0. The molecule has 6 rings (SSSR count). The lowest BCUT2D eigenvalue weighted by molar-refractivity contribution is 0.659. The van der Waals surface area contributed by atoms with Crippen LogP contribution in [0.3, 0.4) is 0 Å². The summed E-state index contributed by atoms with van der Waals surface area (Å²) in [6, 6.07) is 30.6. The maximum Gasteiger partial charge on any atom is 0.135 e. The van der Waals surface area contributed by atoms with Crippen LogP contribution in [0.4, 0.5) is 0 Å². The Bertz CT molecular complexity index is 1400. The van der Waals surface area contributed by atoms with E-state index in [-0.39, 0.29) is 5.41 Å². The average molecular weight is 374 g/mol. The van der Waals surface area contributed by atoms with Gasteiger partial charge < -0.3 is 4.42 Å². The van der Waals surface area contributed by atoms with Crippen molar-refractivity contribution in [3.63, 3.8) is 0 Å². The predicted octanol–water partition coefficient (Wildman–Crippen LogP) is 7.48. The molecule has 4 aromatic carbocycles. The summed E-state index contributed by atoms with van der Waals surface area (Å²) < 4.78 is 6.08. The van der Waals surface area contributed by atoms with Crippen LogP contribution in [-0.2, 0) is 11.8 Å². The normalized spacial score (nSPS) is 14.3. The van der Waals surface area contributed by atoms with Crippen molar-refractivity contribution in [3.05, 3.63) is 107 Å². The quantitative estimate of drug-likeness (QED) is 0.312. The SMILES string of the molecule is CC1(C)c2ccccc2-c2ccc(Cc3cccc4oc5ccccc5c34)cc21. The van der Waals surface area contributed by atoms with E-state index in [0.717, 1.165) is 17.6 Å². The van der Waals surface area contributed by atoms with Crippen LogP contribution in [-0.4, -0.2) is 0 Å². The number of benzene rings is 4. The van der Waals surface area contributed by atoms with Crippen molar-refractivity contribution in [2.24, 2.45) is 0 Å². The molecule has 0 unspecified atom stereocenters. The maximum absolute atomic E-state index is 6.08. The van der Waals surface area contributed by atoms with Crippen molar-refractivity contribution >= 4 is 21.9 Å². The highest BCUT2D eigenvalue weighted by atomic mass is 16.3. The Morgan fingerprint density at radius 2 is 1.45 bits per heavy atom. The largest absolute Gasteiger partial charge is 0.456 e. The Balaban J connectivity index is 1.49. The molecule has 1 aliphatic carbocycles. The molecule has 1 heteroatoms. The molecule has 0 amide bonds. The summed E-state index contributed by atoms with van der Waals surface area (Å²) in [5.41, 5.74) is 10.2. The minimum absolute atomic E-state index is 0.0380. The third-order valence-corrected chi connectivity index (χ3v) is 6.53. The highest BCUT2D eigenvalue weighted by Crippen LogP contribution is 2.48. The zero-order valence-electron chi connectivity index (χ0n) is 16.7. The summed E-state index contributed by atoms with van der Waals surface area (Å²) in [5, 5.41) is 2.44. The fraction of sp³-hybridized carbons (Fsp3) is 0.143. The zero-order chi connectivity index (χ0) is 19.6. The van der Waals surface area contributed by atoms with Crippen LogP contribution in [0.2, 0.25) is 0 Å². The Morgan fingerprint density at radius 3 is 2.38 bits per heavy atom. The van der Waals surface area contributed by atoms with Gasteiger partial charge in [-0.1, -0.05) is 86.6 Å². The molecular weight excluding hydrogens is 352 g/mol. The number of hydrogen-bond donors (Lipinski definition) is 0. The Hall–Kier alpha value is -3.32. The van der Waals surface area contributed by atoms with Crippen LogP contribution in [0.5, 0.6) is 0 Å². The molecule has 0 spiro atoms. The van der Waals surface area contributed by atoms with E-state index >= 15 is 0 Å².